The van der Waals surface area contributed by atoms with Gasteiger partial charge in [-0.05, 0) is 38.1 Å². The molecule has 2 heterocycles. The maximum atomic E-state index is 11.7. The zero-order valence-corrected chi connectivity index (χ0v) is 17.9. The molecule has 0 spiro atoms. The highest BCUT2D eigenvalue weighted by Crippen LogP contribution is 2.33. The highest BCUT2D eigenvalue weighted by atomic mass is 32.2. The molecular formula is C20H18N4OS3. The number of carbonyl (C=O) groups is 1. The molecular weight excluding hydrogens is 408 g/mol. The van der Waals surface area contributed by atoms with Crippen molar-refractivity contribution >= 4 is 50.9 Å². The van der Waals surface area contributed by atoms with Gasteiger partial charge in [0.15, 0.2) is 9.50 Å². The van der Waals surface area contributed by atoms with Crippen molar-refractivity contribution in [1.29, 1.82) is 0 Å². The first-order valence-electron chi connectivity index (χ1n) is 8.77. The van der Waals surface area contributed by atoms with E-state index in [0.717, 1.165) is 26.5 Å². The molecule has 0 bridgehead atoms. The van der Waals surface area contributed by atoms with Crippen molar-refractivity contribution in [3.05, 3.63) is 60.4 Å². The quantitative estimate of drug-likeness (QED) is 0.377. The highest BCUT2D eigenvalue weighted by molar-refractivity contribution is 8.00. The Bertz CT molecular complexity index is 1070. The third kappa shape index (κ3) is 4.14. The molecule has 0 aliphatic rings. The molecule has 4 rings (SSSR count). The second kappa shape index (κ2) is 8.46. The minimum absolute atomic E-state index is 0.123. The Morgan fingerprint density at radius 2 is 1.86 bits per heavy atom. The Balaban J connectivity index is 1.62. The van der Waals surface area contributed by atoms with Crippen LogP contribution in [-0.4, -0.2) is 30.8 Å². The van der Waals surface area contributed by atoms with E-state index in [9.17, 15) is 4.79 Å². The van der Waals surface area contributed by atoms with Gasteiger partial charge in [0.2, 0.25) is 0 Å². The fourth-order valence-corrected chi connectivity index (χ4v) is 5.45. The van der Waals surface area contributed by atoms with E-state index >= 15 is 0 Å². The van der Waals surface area contributed by atoms with Crippen LogP contribution in [0.2, 0.25) is 0 Å². The highest BCUT2D eigenvalue weighted by Gasteiger charge is 2.19. The first-order valence-corrected chi connectivity index (χ1v) is 11.4. The molecule has 0 fully saturated rings. The summed E-state index contributed by atoms with van der Waals surface area (Å²) in [5, 5.41) is 9.33. The first kappa shape index (κ1) is 19.2. The Kier molecular flexibility index (Phi) is 5.79. The van der Waals surface area contributed by atoms with Crippen molar-refractivity contribution in [3.63, 3.8) is 0 Å². The molecule has 8 heteroatoms. The van der Waals surface area contributed by atoms with Crippen LogP contribution in [0, 0.1) is 0 Å². The zero-order valence-electron chi connectivity index (χ0n) is 15.4. The minimum atomic E-state index is -0.170. The lowest BCUT2D eigenvalue weighted by atomic mass is 10.3. The summed E-state index contributed by atoms with van der Waals surface area (Å²) in [7, 11) is 0. The van der Waals surface area contributed by atoms with Gasteiger partial charge in [0.25, 0.3) is 0 Å². The van der Waals surface area contributed by atoms with Crippen molar-refractivity contribution in [1.82, 2.24) is 19.7 Å². The van der Waals surface area contributed by atoms with Crippen molar-refractivity contribution in [2.75, 3.05) is 0 Å². The van der Waals surface area contributed by atoms with Crippen molar-refractivity contribution in [2.45, 2.75) is 34.3 Å². The van der Waals surface area contributed by atoms with Crippen molar-refractivity contribution < 1.29 is 4.79 Å². The number of hydrogen-bond donors (Lipinski definition) is 0. The molecule has 0 radical (unpaired) electrons. The third-order valence-electron chi connectivity index (χ3n) is 4.17. The smallest absolute Gasteiger partial charge is 0.196 e. The number of carbonyl (C=O) groups excluding carboxylic acids is 1. The Morgan fingerprint density at radius 3 is 2.61 bits per heavy atom. The fourth-order valence-electron chi connectivity index (χ4n) is 2.59. The standard InChI is InChI=1S/C20H18N4OS3/c1-13(25)14(2)27-19-23-22-18(24(19)15-8-4-3-5-9-15)12-26-20-21-16-10-6-7-11-17(16)28-20/h3-11,14H,12H2,1-2H3. The van der Waals surface area contributed by atoms with Crippen LogP contribution in [0.15, 0.2) is 64.1 Å². The summed E-state index contributed by atoms with van der Waals surface area (Å²) in [4.78, 5) is 16.4. The maximum Gasteiger partial charge on any atom is 0.196 e. The number of para-hydroxylation sites is 2. The van der Waals surface area contributed by atoms with Gasteiger partial charge in [-0.1, -0.05) is 53.9 Å². The molecule has 0 aliphatic carbocycles. The summed E-state index contributed by atoms with van der Waals surface area (Å²) >= 11 is 4.78. The number of thiazole rings is 1. The third-order valence-corrected chi connectivity index (χ3v) is 7.50. The van der Waals surface area contributed by atoms with Gasteiger partial charge in [-0.15, -0.1) is 21.5 Å². The molecule has 0 saturated heterocycles. The molecule has 0 N–H and O–H groups in total. The Hall–Kier alpha value is -2.16. The van der Waals surface area contributed by atoms with Gasteiger partial charge < -0.3 is 0 Å². The predicted molar refractivity (Wildman–Crippen MR) is 117 cm³/mol. The van der Waals surface area contributed by atoms with Crippen LogP contribution in [0.25, 0.3) is 15.9 Å². The summed E-state index contributed by atoms with van der Waals surface area (Å²) < 4.78 is 4.22. The minimum Gasteiger partial charge on any atom is -0.299 e. The summed E-state index contributed by atoms with van der Waals surface area (Å²) in [6.45, 7) is 3.50. The van der Waals surface area contributed by atoms with Crippen molar-refractivity contribution in [3.8, 4) is 5.69 Å². The van der Waals surface area contributed by atoms with Crippen LogP contribution in [0.5, 0.6) is 0 Å². The van der Waals surface area contributed by atoms with E-state index < -0.39 is 0 Å². The first-order chi connectivity index (χ1) is 13.6. The predicted octanol–water partition coefficient (Wildman–Crippen LogP) is 5.24. The lowest BCUT2D eigenvalue weighted by Crippen LogP contribution is -2.10. The lowest BCUT2D eigenvalue weighted by Gasteiger charge is -2.11. The van der Waals surface area contributed by atoms with Gasteiger partial charge in [0, 0.05) is 5.69 Å². The van der Waals surface area contributed by atoms with Gasteiger partial charge >= 0.3 is 0 Å². The van der Waals surface area contributed by atoms with Crippen LogP contribution >= 0.6 is 34.9 Å². The van der Waals surface area contributed by atoms with Gasteiger partial charge in [0.1, 0.15) is 11.6 Å². The average Bonchev–Trinajstić information content (AvgIpc) is 3.30. The number of fused-ring (bicyclic) bond motifs is 1. The zero-order chi connectivity index (χ0) is 19.5. The van der Waals surface area contributed by atoms with Gasteiger partial charge in [-0.25, -0.2) is 4.98 Å². The van der Waals surface area contributed by atoms with E-state index in [1.807, 2.05) is 60.0 Å². The van der Waals surface area contributed by atoms with E-state index in [4.69, 9.17) is 0 Å². The molecule has 1 unspecified atom stereocenters. The van der Waals surface area contributed by atoms with Crippen LogP contribution in [0.3, 0.4) is 0 Å². The summed E-state index contributed by atoms with van der Waals surface area (Å²) in [6, 6.07) is 18.2. The number of aromatic nitrogens is 4. The number of Topliss-reactive ketones (excluding diaryl/α,β-unsaturated/α-hetero) is 1. The van der Waals surface area contributed by atoms with Gasteiger partial charge in [-0.2, -0.15) is 0 Å². The molecule has 5 nitrogen and oxygen atoms in total. The number of thioether (sulfide) groups is 2. The average molecular weight is 427 g/mol. The molecule has 4 aromatic rings. The largest absolute Gasteiger partial charge is 0.299 e. The van der Waals surface area contributed by atoms with Crippen LogP contribution < -0.4 is 0 Å². The van der Waals surface area contributed by atoms with E-state index in [0.29, 0.717) is 5.75 Å². The molecule has 142 valence electrons. The van der Waals surface area contributed by atoms with Gasteiger partial charge in [-0.3, -0.25) is 9.36 Å². The molecule has 2 aromatic heterocycles. The molecule has 0 saturated carbocycles. The van der Waals surface area contributed by atoms with Crippen LogP contribution in [0.1, 0.15) is 19.7 Å². The fraction of sp³-hybridized carbons (Fsp3) is 0.200. The lowest BCUT2D eigenvalue weighted by molar-refractivity contribution is -0.116. The second-order valence-electron chi connectivity index (χ2n) is 6.18. The Morgan fingerprint density at radius 1 is 1.11 bits per heavy atom. The molecule has 2 aromatic carbocycles. The number of ketones is 1. The van der Waals surface area contributed by atoms with Gasteiger partial charge in [0.05, 0.1) is 21.2 Å². The molecule has 0 aliphatic heterocycles. The molecule has 1 atom stereocenters. The second-order valence-corrected chi connectivity index (χ2v) is 9.74. The van der Waals surface area contributed by atoms with E-state index in [1.54, 1.807) is 30.0 Å². The number of nitrogens with zero attached hydrogens (tertiary/aromatic N) is 4. The van der Waals surface area contributed by atoms with E-state index in [-0.39, 0.29) is 11.0 Å². The molecule has 0 amide bonds. The maximum absolute atomic E-state index is 11.7. The van der Waals surface area contributed by atoms with Crippen molar-refractivity contribution in [2.24, 2.45) is 0 Å². The SMILES string of the molecule is CC(=O)C(C)Sc1nnc(CSc2nc3ccccc3s2)n1-c1ccccc1. The summed E-state index contributed by atoms with van der Waals surface area (Å²) in [6.07, 6.45) is 0. The summed E-state index contributed by atoms with van der Waals surface area (Å²) in [5.41, 5.74) is 2.01. The normalized spacial score (nSPS) is 12.4. The van der Waals surface area contributed by atoms with E-state index in [1.165, 1.54) is 16.5 Å². The number of hydrogen-bond acceptors (Lipinski definition) is 7. The number of rotatable bonds is 7. The van der Waals surface area contributed by atoms with Crippen LogP contribution in [0.4, 0.5) is 0 Å². The topological polar surface area (TPSA) is 60.7 Å². The summed E-state index contributed by atoms with van der Waals surface area (Å²) in [5.74, 6) is 1.61. The number of benzene rings is 2. The Labute approximate surface area is 175 Å². The van der Waals surface area contributed by atoms with E-state index in [2.05, 4.69) is 21.2 Å². The molecule has 28 heavy (non-hydrogen) atoms. The monoisotopic (exact) mass is 426 g/mol. The van der Waals surface area contributed by atoms with Crippen LogP contribution in [-0.2, 0) is 10.5 Å².